The molecule has 148 valence electrons. The van der Waals surface area contributed by atoms with Gasteiger partial charge in [-0.1, -0.05) is 20.8 Å². The molecule has 1 aromatic carbocycles. The molecular formula is C20H24N4O4. The SMILES string of the molecule is CC1(C)C[C@H]2C[C@](C)(CN2C(=O)Cn2cnc3ccc([N+](=O)[O-])cc3c2=O)C1. The average molecular weight is 384 g/mol. The van der Waals surface area contributed by atoms with Crippen LogP contribution in [0.2, 0.25) is 0 Å². The number of carbonyl (C=O) groups is 1. The van der Waals surface area contributed by atoms with Crippen LogP contribution in [-0.4, -0.2) is 37.9 Å². The van der Waals surface area contributed by atoms with Gasteiger partial charge in [0.25, 0.3) is 11.2 Å². The molecule has 2 bridgehead atoms. The van der Waals surface area contributed by atoms with Crippen molar-refractivity contribution in [3.05, 3.63) is 45.0 Å². The van der Waals surface area contributed by atoms with E-state index in [-0.39, 0.29) is 40.4 Å². The summed E-state index contributed by atoms with van der Waals surface area (Å²) >= 11 is 0. The Hall–Kier alpha value is -2.77. The number of hydrogen-bond acceptors (Lipinski definition) is 5. The van der Waals surface area contributed by atoms with Crippen molar-refractivity contribution in [2.45, 2.75) is 52.6 Å². The van der Waals surface area contributed by atoms with E-state index in [1.54, 1.807) is 0 Å². The number of carbonyl (C=O) groups excluding carboxylic acids is 1. The number of fused-ring (bicyclic) bond motifs is 3. The minimum Gasteiger partial charge on any atom is -0.338 e. The van der Waals surface area contributed by atoms with E-state index in [2.05, 4.69) is 25.8 Å². The topological polar surface area (TPSA) is 98.3 Å². The van der Waals surface area contributed by atoms with Crippen LogP contribution in [0.3, 0.4) is 0 Å². The van der Waals surface area contributed by atoms with E-state index in [1.165, 1.54) is 29.1 Å². The smallest absolute Gasteiger partial charge is 0.270 e. The summed E-state index contributed by atoms with van der Waals surface area (Å²) in [6.07, 6.45) is 4.40. The highest BCUT2D eigenvalue weighted by atomic mass is 16.6. The molecule has 0 N–H and O–H groups in total. The summed E-state index contributed by atoms with van der Waals surface area (Å²) in [7, 11) is 0. The molecule has 1 saturated heterocycles. The molecule has 2 aromatic rings. The van der Waals surface area contributed by atoms with Crippen molar-refractivity contribution in [3.63, 3.8) is 0 Å². The maximum Gasteiger partial charge on any atom is 0.270 e. The Bertz CT molecular complexity index is 1040. The Balaban J connectivity index is 1.62. The van der Waals surface area contributed by atoms with Crippen molar-refractivity contribution < 1.29 is 9.72 Å². The molecule has 0 spiro atoms. The molecule has 2 atom stereocenters. The van der Waals surface area contributed by atoms with Gasteiger partial charge in [0, 0.05) is 24.7 Å². The van der Waals surface area contributed by atoms with Crippen LogP contribution in [-0.2, 0) is 11.3 Å². The first-order valence-corrected chi connectivity index (χ1v) is 9.50. The quantitative estimate of drug-likeness (QED) is 0.598. The number of rotatable bonds is 3. The number of amides is 1. The van der Waals surface area contributed by atoms with Crippen molar-refractivity contribution in [1.29, 1.82) is 0 Å². The number of benzene rings is 1. The maximum absolute atomic E-state index is 13.0. The molecule has 4 rings (SSSR count). The van der Waals surface area contributed by atoms with Crippen molar-refractivity contribution in [1.82, 2.24) is 14.5 Å². The molecule has 28 heavy (non-hydrogen) atoms. The van der Waals surface area contributed by atoms with Crippen LogP contribution < -0.4 is 5.56 Å². The fraction of sp³-hybridized carbons (Fsp3) is 0.550. The molecule has 2 fully saturated rings. The average Bonchev–Trinajstić information content (AvgIpc) is 2.86. The molecule has 0 radical (unpaired) electrons. The molecule has 8 nitrogen and oxygen atoms in total. The van der Waals surface area contributed by atoms with Gasteiger partial charge in [-0.15, -0.1) is 0 Å². The molecule has 8 heteroatoms. The van der Waals surface area contributed by atoms with Crippen molar-refractivity contribution in [2.75, 3.05) is 6.54 Å². The molecule has 2 heterocycles. The molecule has 1 aliphatic carbocycles. The number of nitro benzene ring substituents is 1. The normalized spacial score (nSPS) is 25.8. The second kappa shape index (κ2) is 6.12. The third-order valence-electron chi connectivity index (χ3n) is 6.06. The molecular weight excluding hydrogens is 360 g/mol. The fourth-order valence-electron chi connectivity index (χ4n) is 5.36. The lowest BCUT2D eigenvalue weighted by Gasteiger charge is -2.39. The van der Waals surface area contributed by atoms with Gasteiger partial charge in [0.2, 0.25) is 5.91 Å². The van der Waals surface area contributed by atoms with E-state index in [9.17, 15) is 19.7 Å². The van der Waals surface area contributed by atoms with E-state index < -0.39 is 10.5 Å². The zero-order valence-corrected chi connectivity index (χ0v) is 16.3. The number of nitro groups is 1. The minimum atomic E-state index is -0.547. The van der Waals surface area contributed by atoms with Crippen LogP contribution in [0.1, 0.15) is 40.0 Å². The molecule has 1 aromatic heterocycles. The summed E-state index contributed by atoms with van der Waals surface area (Å²) in [6, 6.07) is 4.19. The minimum absolute atomic E-state index is 0.0971. The first-order chi connectivity index (χ1) is 13.1. The first kappa shape index (κ1) is 18.6. The Labute approximate surface area is 162 Å². The summed E-state index contributed by atoms with van der Waals surface area (Å²) in [5.74, 6) is -0.0971. The zero-order valence-electron chi connectivity index (χ0n) is 16.3. The molecule has 2 aliphatic rings. The van der Waals surface area contributed by atoms with E-state index in [0.29, 0.717) is 12.1 Å². The third kappa shape index (κ3) is 3.16. The van der Waals surface area contributed by atoms with Gasteiger partial charge in [-0.2, -0.15) is 0 Å². The van der Waals surface area contributed by atoms with Crippen LogP contribution >= 0.6 is 0 Å². The molecule has 1 amide bonds. The Morgan fingerprint density at radius 1 is 1.32 bits per heavy atom. The highest BCUT2D eigenvalue weighted by molar-refractivity contribution is 5.81. The Morgan fingerprint density at radius 2 is 2.07 bits per heavy atom. The second-order valence-electron chi connectivity index (χ2n) is 9.37. The monoisotopic (exact) mass is 384 g/mol. The third-order valence-corrected chi connectivity index (χ3v) is 6.06. The Kier molecular flexibility index (Phi) is 4.06. The van der Waals surface area contributed by atoms with Crippen LogP contribution in [0.25, 0.3) is 10.9 Å². The lowest BCUT2D eigenvalue weighted by molar-refractivity contribution is -0.384. The predicted octanol–water partition coefficient (Wildman–Crippen LogP) is 2.73. The number of likely N-dealkylation sites (tertiary alicyclic amines) is 1. The van der Waals surface area contributed by atoms with Gasteiger partial charge in [0.15, 0.2) is 0 Å². The van der Waals surface area contributed by atoms with Gasteiger partial charge in [-0.3, -0.25) is 24.3 Å². The number of aromatic nitrogens is 2. The van der Waals surface area contributed by atoms with Crippen LogP contribution in [0.15, 0.2) is 29.3 Å². The van der Waals surface area contributed by atoms with Crippen molar-refractivity contribution in [3.8, 4) is 0 Å². The highest BCUT2D eigenvalue weighted by Crippen LogP contribution is 2.52. The standard InChI is InChI=1S/C20H24N4O4/c1-19(2)7-14-8-20(3,10-19)11-23(14)17(25)9-22-12-21-16-5-4-13(24(27)28)6-15(16)18(22)26/h4-6,12,14H,7-11H2,1-3H3/t14-,20-/m0/s1. The van der Waals surface area contributed by atoms with Crippen molar-refractivity contribution >= 4 is 22.5 Å². The fourth-order valence-corrected chi connectivity index (χ4v) is 5.36. The second-order valence-corrected chi connectivity index (χ2v) is 9.37. The first-order valence-electron chi connectivity index (χ1n) is 9.50. The predicted molar refractivity (Wildman–Crippen MR) is 104 cm³/mol. The van der Waals surface area contributed by atoms with E-state index in [0.717, 1.165) is 19.3 Å². The number of non-ortho nitro benzene ring substituents is 1. The highest BCUT2D eigenvalue weighted by Gasteiger charge is 2.50. The summed E-state index contributed by atoms with van der Waals surface area (Å²) < 4.78 is 1.25. The number of nitrogens with zero attached hydrogens (tertiary/aromatic N) is 4. The lowest BCUT2D eigenvalue weighted by atomic mass is 9.65. The Morgan fingerprint density at radius 3 is 2.79 bits per heavy atom. The van der Waals surface area contributed by atoms with Gasteiger partial charge in [-0.05, 0) is 36.2 Å². The van der Waals surface area contributed by atoms with Gasteiger partial charge < -0.3 is 4.90 Å². The summed E-state index contributed by atoms with van der Waals surface area (Å²) in [6.45, 7) is 7.34. The van der Waals surface area contributed by atoms with E-state index in [1.807, 2.05) is 4.90 Å². The van der Waals surface area contributed by atoms with E-state index in [4.69, 9.17) is 0 Å². The van der Waals surface area contributed by atoms with Gasteiger partial charge in [0.1, 0.15) is 6.54 Å². The maximum atomic E-state index is 13.0. The van der Waals surface area contributed by atoms with Crippen molar-refractivity contribution in [2.24, 2.45) is 10.8 Å². The summed E-state index contributed by atoms with van der Waals surface area (Å²) in [5.41, 5.74) is 0.0998. The zero-order chi connectivity index (χ0) is 20.3. The largest absolute Gasteiger partial charge is 0.338 e. The van der Waals surface area contributed by atoms with Gasteiger partial charge in [-0.25, -0.2) is 4.98 Å². The van der Waals surface area contributed by atoms with Crippen LogP contribution in [0.4, 0.5) is 5.69 Å². The molecule has 1 saturated carbocycles. The van der Waals surface area contributed by atoms with Gasteiger partial charge >= 0.3 is 0 Å². The summed E-state index contributed by atoms with van der Waals surface area (Å²) in [4.78, 5) is 42.3. The molecule has 1 aliphatic heterocycles. The van der Waals surface area contributed by atoms with Gasteiger partial charge in [0.05, 0.1) is 22.2 Å². The van der Waals surface area contributed by atoms with Crippen LogP contribution in [0.5, 0.6) is 0 Å². The summed E-state index contributed by atoms with van der Waals surface area (Å²) in [5, 5.41) is 11.1. The van der Waals surface area contributed by atoms with E-state index >= 15 is 0 Å². The number of hydrogen-bond donors (Lipinski definition) is 0. The molecule has 0 unspecified atom stereocenters. The lowest BCUT2D eigenvalue weighted by Crippen LogP contribution is -2.40. The van der Waals surface area contributed by atoms with Crippen LogP contribution in [0, 0.1) is 20.9 Å².